The van der Waals surface area contributed by atoms with Crippen molar-refractivity contribution < 1.29 is 42.1 Å². The predicted octanol–water partition coefficient (Wildman–Crippen LogP) is 6.84. The quantitative estimate of drug-likeness (QED) is 0.221. The van der Waals surface area contributed by atoms with Crippen LogP contribution >= 0.6 is 23.4 Å². The summed E-state index contributed by atoms with van der Waals surface area (Å²) in [4.78, 5) is 26.4. The average molecular weight is 759 g/mol. The standard InChI is InChI=1S/C39H45ClF2N2O7S/c1-21-13-32(40)25(15-30(21)38-39(49-23(3)46)35(48-22(2)45)18-36(51-38)52-4)14-24-5-8-28(9-6-24)50-29-11-12-44(19-29)27-17-34(43)37(47-20-27)31-16-26(41)7-10-33(31)42/h5-10,13,15-16,27,29,34-39H,11-12,14,17-20,43H2,1-4H3/t27-,29-,34+,35+,36-,37-,38+,39-/m1/s1. The minimum absolute atomic E-state index is 0.0175. The molecular weight excluding hydrogens is 714 g/mol. The molecule has 3 aromatic carbocycles. The highest BCUT2D eigenvalue weighted by molar-refractivity contribution is 7.99. The van der Waals surface area contributed by atoms with Crippen molar-refractivity contribution >= 4 is 35.3 Å². The van der Waals surface area contributed by atoms with Gasteiger partial charge in [-0.05, 0) is 91.1 Å². The molecule has 0 radical (unpaired) electrons. The van der Waals surface area contributed by atoms with Crippen LogP contribution in [0.1, 0.15) is 73.1 Å². The highest BCUT2D eigenvalue weighted by Gasteiger charge is 2.44. The molecule has 3 aliphatic rings. The third-order valence-corrected chi connectivity index (χ3v) is 11.2. The van der Waals surface area contributed by atoms with Crippen LogP contribution in [0.15, 0.2) is 54.6 Å². The Morgan fingerprint density at radius 3 is 2.44 bits per heavy atom. The summed E-state index contributed by atoms with van der Waals surface area (Å²) in [6, 6.07) is 14.8. The molecule has 3 aliphatic heterocycles. The smallest absolute Gasteiger partial charge is 0.303 e. The van der Waals surface area contributed by atoms with Crippen molar-refractivity contribution in [3.8, 4) is 5.75 Å². The van der Waals surface area contributed by atoms with E-state index in [4.69, 9.17) is 41.0 Å². The van der Waals surface area contributed by atoms with Crippen LogP contribution in [0.2, 0.25) is 5.02 Å². The highest BCUT2D eigenvalue weighted by atomic mass is 35.5. The van der Waals surface area contributed by atoms with E-state index in [9.17, 15) is 18.4 Å². The molecule has 3 heterocycles. The third-order valence-electron chi connectivity index (χ3n) is 9.99. The molecule has 52 heavy (non-hydrogen) atoms. The topological polar surface area (TPSA) is 110 Å². The molecule has 0 saturated carbocycles. The Morgan fingerprint density at radius 1 is 1.00 bits per heavy atom. The highest BCUT2D eigenvalue weighted by Crippen LogP contribution is 2.41. The summed E-state index contributed by atoms with van der Waals surface area (Å²) in [5.74, 6) is -1.22. The molecule has 0 amide bonds. The van der Waals surface area contributed by atoms with Gasteiger partial charge in [0, 0.05) is 56.0 Å². The van der Waals surface area contributed by atoms with E-state index in [1.165, 1.54) is 25.6 Å². The number of rotatable bonds is 10. The van der Waals surface area contributed by atoms with E-state index < -0.39 is 54.0 Å². The van der Waals surface area contributed by atoms with Gasteiger partial charge in [-0.3, -0.25) is 14.5 Å². The summed E-state index contributed by atoms with van der Waals surface area (Å²) in [7, 11) is 0. The fourth-order valence-electron chi connectivity index (χ4n) is 7.49. The second-order valence-electron chi connectivity index (χ2n) is 13.8. The van der Waals surface area contributed by atoms with E-state index in [1.54, 1.807) is 0 Å². The molecule has 9 nitrogen and oxygen atoms in total. The number of hydrogen-bond acceptors (Lipinski definition) is 10. The molecule has 0 bridgehead atoms. The Morgan fingerprint density at radius 2 is 1.75 bits per heavy atom. The minimum Gasteiger partial charge on any atom is -0.489 e. The van der Waals surface area contributed by atoms with Gasteiger partial charge in [-0.1, -0.05) is 29.8 Å². The molecule has 3 fully saturated rings. The molecular formula is C39H45ClF2N2O7S. The monoisotopic (exact) mass is 758 g/mol. The van der Waals surface area contributed by atoms with Crippen molar-refractivity contribution in [3.05, 3.63) is 99.1 Å². The average Bonchev–Trinajstić information content (AvgIpc) is 3.57. The van der Waals surface area contributed by atoms with Gasteiger partial charge in [0.15, 0.2) is 6.10 Å². The molecule has 3 saturated heterocycles. The van der Waals surface area contributed by atoms with Gasteiger partial charge in [0.05, 0.1) is 6.61 Å². The number of carbonyl (C=O) groups is 2. The Labute approximate surface area is 312 Å². The molecule has 0 aliphatic carbocycles. The first-order valence-electron chi connectivity index (χ1n) is 17.5. The van der Waals surface area contributed by atoms with Crippen LogP contribution in [-0.4, -0.2) is 78.6 Å². The minimum atomic E-state index is -0.815. The van der Waals surface area contributed by atoms with Gasteiger partial charge in [0.25, 0.3) is 0 Å². The first-order chi connectivity index (χ1) is 24.9. The van der Waals surface area contributed by atoms with E-state index in [0.717, 1.165) is 59.2 Å². The fourth-order valence-corrected chi connectivity index (χ4v) is 8.38. The summed E-state index contributed by atoms with van der Waals surface area (Å²) in [6.45, 7) is 6.50. The van der Waals surface area contributed by atoms with Crippen LogP contribution in [0, 0.1) is 18.6 Å². The Balaban J connectivity index is 1.08. The summed E-state index contributed by atoms with van der Waals surface area (Å²) >= 11 is 8.28. The number of esters is 2. The number of ether oxygens (including phenoxy) is 5. The number of thioether (sulfide) groups is 1. The summed E-state index contributed by atoms with van der Waals surface area (Å²) in [5.41, 5.74) is 9.89. The van der Waals surface area contributed by atoms with Gasteiger partial charge in [-0.15, -0.1) is 11.8 Å². The van der Waals surface area contributed by atoms with Crippen molar-refractivity contribution in [2.45, 2.75) is 94.5 Å². The maximum absolute atomic E-state index is 14.4. The Kier molecular flexibility index (Phi) is 12.4. The maximum atomic E-state index is 14.4. The number of benzene rings is 3. The number of carbonyl (C=O) groups excluding carboxylic acids is 2. The normalized spacial score (nSPS) is 28.0. The van der Waals surface area contributed by atoms with Crippen molar-refractivity contribution in [2.24, 2.45) is 5.73 Å². The van der Waals surface area contributed by atoms with Gasteiger partial charge in [-0.2, -0.15) is 0 Å². The fraction of sp³-hybridized carbons (Fsp3) is 0.487. The molecule has 0 aromatic heterocycles. The molecule has 8 atom stereocenters. The largest absolute Gasteiger partial charge is 0.489 e. The van der Waals surface area contributed by atoms with Gasteiger partial charge in [0.2, 0.25) is 0 Å². The number of likely N-dealkylation sites (tertiary alicyclic amines) is 1. The lowest BCUT2D eigenvalue weighted by Gasteiger charge is -2.40. The number of hydrogen-bond donors (Lipinski definition) is 1. The molecule has 280 valence electrons. The Bertz CT molecular complexity index is 1750. The second kappa shape index (κ2) is 16.8. The van der Waals surface area contributed by atoms with Crippen LogP contribution in [0.5, 0.6) is 5.75 Å². The molecule has 13 heteroatoms. The van der Waals surface area contributed by atoms with Crippen LogP contribution in [-0.2, 0) is 35.0 Å². The number of aryl methyl sites for hydroxylation is 1. The summed E-state index contributed by atoms with van der Waals surface area (Å²) in [5, 5.41) is 0.601. The first-order valence-corrected chi connectivity index (χ1v) is 19.2. The lowest BCUT2D eigenvalue weighted by atomic mass is 9.90. The lowest BCUT2D eigenvalue weighted by molar-refractivity contribution is -0.198. The third kappa shape index (κ3) is 9.09. The zero-order chi connectivity index (χ0) is 37.1. The van der Waals surface area contributed by atoms with E-state index in [1.807, 2.05) is 49.6 Å². The molecule has 0 unspecified atom stereocenters. The van der Waals surface area contributed by atoms with Gasteiger partial charge >= 0.3 is 11.9 Å². The first kappa shape index (κ1) is 38.5. The van der Waals surface area contributed by atoms with E-state index in [2.05, 4.69) is 4.90 Å². The maximum Gasteiger partial charge on any atom is 0.303 e. The van der Waals surface area contributed by atoms with Crippen molar-refractivity contribution in [1.82, 2.24) is 4.90 Å². The van der Waals surface area contributed by atoms with Crippen LogP contribution < -0.4 is 10.5 Å². The number of nitrogens with zero attached hydrogens (tertiary/aromatic N) is 1. The second-order valence-corrected chi connectivity index (χ2v) is 15.2. The van der Waals surface area contributed by atoms with Crippen LogP contribution in [0.4, 0.5) is 8.78 Å². The Hall–Kier alpha value is -3.26. The van der Waals surface area contributed by atoms with Crippen molar-refractivity contribution in [3.63, 3.8) is 0 Å². The van der Waals surface area contributed by atoms with E-state index >= 15 is 0 Å². The van der Waals surface area contributed by atoms with Crippen molar-refractivity contribution in [1.29, 1.82) is 0 Å². The van der Waals surface area contributed by atoms with Gasteiger partial charge in [-0.25, -0.2) is 8.78 Å². The summed E-state index contributed by atoms with van der Waals surface area (Å²) in [6.07, 6.45) is 1.46. The van der Waals surface area contributed by atoms with E-state index in [0.29, 0.717) is 37.4 Å². The molecule has 6 rings (SSSR count). The lowest BCUT2D eigenvalue weighted by Crippen LogP contribution is -2.49. The molecule has 3 aromatic rings. The summed E-state index contributed by atoms with van der Waals surface area (Å²) < 4.78 is 58.3. The zero-order valence-electron chi connectivity index (χ0n) is 29.7. The number of halogens is 3. The van der Waals surface area contributed by atoms with Gasteiger partial charge in [0.1, 0.15) is 47.2 Å². The van der Waals surface area contributed by atoms with Gasteiger partial charge < -0.3 is 29.4 Å². The number of nitrogens with two attached hydrogens (primary N) is 1. The molecule has 2 N–H and O–H groups in total. The van der Waals surface area contributed by atoms with Crippen LogP contribution in [0.25, 0.3) is 0 Å². The predicted molar refractivity (Wildman–Crippen MR) is 194 cm³/mol. The van der Waals surface area contributed by atoms with Crippen LogP contribution in [0.3, 0.4) is 0 Å². The SMILES string of the molecule is CS[C@@H]1C[C@H](OC(C)=O)[C@@H](OC(C)=O)[C@H](c2cc(Cc3ccc(O[C@@H]4CCN([C@H]5CO[C@H](c6cc(F)ccc6F)[C@@H](N)C5)C4)cc3)c(Cl)cc2C)O1. The molecule has 0 spiro atoms. The van der Waals surface area contributed by atoms with Crippen molar-refractivity contribution in [2.75, 3.05) is 26.0 Å². The van der Waals surface area contributed by atoms with E-state index in [-0.39, 0.29) is 23.1 Å². The zero-order valence-corrected chi connectivity index (χ0v) is 31.3.